The Morgan fingerprint density at radius 2 is 2.00 bits per heavy atom. The minimum Gasteiger partial charge on any atom is -0.472 e. The van der Waals surface area contributed by atoms with E-state index in [2.05, 4.69) is 4.98 Å². The molecular formula is C26H32FN3O4. The quantitative estimate of drug-likeness (QED) is 0.702. The van der Waals surface area contributed by atoms with E-state index in [0.29, 0.717) is 18.7 Å². The van der Waals surface area contributed by atoms with Gasteiger partial charge >= 0.3 is 0 Å². The second kappa shape index (κ2) is 10.1. The Bertz CT molecular complexity index is 1040. The number of hydrogen-bond acceptors (Lipinski definition) is 5. The van der Waals surface area contributed by atoms with E-state index in [1.807, 2.05) is 6.92 Å². The molecule has 1 aromatic carbocycles. The number of rotatable bonds is 6. The maximum atomic E-state index is 13.5. The van der Waals surface area contributed by atoms with Crippen molar-refractivity contribution in [1.82, 2.24) is 14.8 Å². The number of nitrogens with zero attached hydrogens (tertiary/aromatic N) is 3. The van der Waals surface area contributed by atoms with Gasteiger partial charge in [-0.05, 0) is 43.5 Å². The molecule has 0 radical (unpaired) electrons. The van der Waals surface area contributed by atoms with E-state index in [1.54, 1.807) is 48.2 Å². The summed E-state index contributed by atoms with van der Waals surface area (Å²) in [6.45, 7) is 4.36. The van der Waals surface area contributed by atoms with Gasteiger partial charge in [-0.25, -0.2) is 9.37 Å². The monoisotopic (exact) mass is 469 g/mol. The molecule has 1 saturated carbocycles. The third-order valence-electron chi connectivity index (χ3n) is 6.98. The van der Waals surface area contributed by atoms with Crippen molar-refractivity contribution in [3.05, 3.63) is 47.9 Å². The maximum Gasteiger partial charge on any atom is 0.259 e. The van der Waals surface area contributed by atoms with Gasteiger partial charge in [0.2, 0.25) is 11.8 Å². The molecule has 182 valence electrons. The molecule has 1 fully saturated rings. The first-order valence-electron chi connectivity index (χ1n) is 11.9. The van der Waals surface area contributed by atoms with E-state index < -0.39 is 6.04 Å². The van der Waals surface area contributed by atoms with Gasteiger partial charge in [-0.3, -0.25) is 9.59 Å². The number of hydrogen-bond donors (Lipinski definition) is 1. The Morgan fingerprint density at radius 1 is 1.29 bits per heavy atom. The van der Waals surface area contributed by atoms with E-state index in [-0.39, 0.29) is 53.6 Å². The highest BCUT2D eigenvalue weighted by Crippen LogP contribution is 2.31. The molecule has 4 rings (SSSR count). The average Bonchev–Trinajstić information content (AvgIpc) is 2.79. The molecule has 1 aromatic heterocycles. The van der Waals surface area contributed by atoms with Crippen LogP contribution in [0.5, 0.6) is 5.88 Å². The van der Waals surface area contributed by atoms with Crippen LogP contribution in [0.1, 0.15) is 43.5 Å². The third kappa shape index (κ3) is 4.92. The highest BCUT2D eigenvalue weighted by Gasteiger charge is 2.36. The largest absolute Gasteiger partial charge is 0.472 e. The fourth-order valence-corrected chi connectivity index (χ4v) is 4.45. The highest BCUT2D eigenvalue weighted by atomic mass is 19.1. The Morgan fingerprint density at radius 3 is 2.62 bits per heavy atom. The number of likely N-dealkylation sites (N-methyl/N-ethyl adjacent to an activating group) is 1. The first-order valence-corrected chi connectivity index (χ1v) is 11.9. The van der Waals surface area contributed by atoms with Crippen LogP contribution >= 0.6 is 0 Å². The summed E-state index contributed by atoms with van der Waals surface area (Å²) in [6.07, 6.45) is 4.17. The van der Waals surface area contributed by atoms with Crippen molar-refractivity contribution < 1.29 is 23.8 Å². The molecule has 3 atom stereocenters. The molecule has 2 amide bonds. The third-order valence-corrected chi connectivity index (χ3v) is 6.98. The van der Waals surface area contributed by atoms with Crippen LogP contribution in [0.3, 0.4) is 0 Å². The lowest BCUT2D eigenvalue weighted by Crippen LogP contribution is -2.51. The van der Waals surface area contributed by atoms with E-state index in [4.69, 9.17) is 4.74 Å². The second-order valence-electron chi connectivity index (χ2n) is 9.55. The van der Waals surface area contributed by atoms with Crippen molar-refractivity contribution in [1.29, 1.82) is 0 Å². The summed E-state index contributed by atoms with van der Waals surface area (Å²) in [5, 5.41) is 9.81. The zero-order chi connectivity index (χ0) is 24.4. The summed E-state index contributed by atoms with van der Waals surface area (Å²) >= 11 is 0. The molecule has 2 heterocycles. The Balaban J connectivity index is 1.67. The van der Waals surface area contributed by atoms with Crippen molar-refractivity contribution in [2.75, 3.05) is 26.7 Å². The SMILES string of the molecule is C[C@@H]1CN([C@H](C)CO)C(=O)c2cc(-c3ccc(F)cc3)cnc2O[C@H]1CN(C)C(=O)C1CCC1. The molecule has 1 aliphatic heterocycles. The number of carbonyl (C=O) groups excluding carboxylic acids is 2. The van der Waals surface area contributed by atoms with E-state index in [1.165, 1.54) is 12.1 Å². The van der Waals surface area contributed by atoms with Crippen molar-refractivity contribution in [3.8, 4) is 17.0 Å². The molecule has 0 saturated heterocycles. The van der Waals surface area contributed by atoms with Crippen LogP contribution in [0.15, 0.2) is 36.5 Å². The first kappa shape index (κ1) is 24.1. The van der Waals surface area contributed by atoms with Crippen molar-refractivity contribution >= 4 is 11.8 Å². The fourth-order valence-electron chi connectivity index (χ4n) is 4.45. The summed E-state index contributed by atoms with van der Waals surface area (Å²) in [5.41, 5.74) is 1.67. The zero-order valence-electron chi connectivity index (χ0n) is 19.9. The van der Waals surface area contributed by atoms with Crippen LogP contribution in [-0.2, 0) is 4.79 Å². The number of ether oxygens (including phenoxy) is 1. The number of amides is 2. The average molecular weight is 470 g/mol. The molecule has 0 spiro atoms. The zero-order valence-corrected chi connectivity index (χ0v) is 19.9. The summed E-state index contributed by atoms with van der Waals surface area (Å²) in [5.74, 6) is -0.307. The minimum absolute atomic E-state index is 0.0880. The summed E-state index contributed by atoms with van der Waals surface area (Å²) < 4.78 is 19.7. The normalized spacial score (nSPS) is 21.6. The lowest BCUT2D eigenvalue weighted by molar-refractivity contribution is -0.138. The smallest absolute Gasteiger partial charge is 0.259 e. The van der Waals surface area contributed by atoms with E-state index >= 15 is 0 Å². The standard InChI is InChI=1S/C26H32FN3O4/c1-16-13-30(17(2)15-31)26(33)22-11-20(18-7-9-21(27)10-8-18)12-28-24(22)34-23(16)14-29(3)25(32)19-5-4-6-19/h7-12,16-17,19,23,31H,4-6,13-15H2,1-3H3/t16-,17-,23+/m1/s1. The van der Waals surface area contributed by atoms with Crippen molar-refractivity contribution in [2.45, 2.75) is 45.3 Å². The predicted molar refractivity (Wildman–Crippen MR) is 126 cm³/mol. The molecule has 2 aromatic rings. The molecule has 8 heteroatoms. The van der Waals surface area contributed by atoms with Gasteiger partial charge in [0.25, 0.3) is 5.91 Å². The Hall–Kier alpha value is -3.00. The molecule has 2 aliphatic rings. The van der Waals surface area contributed by atoms with Gasteiger partial charge in [-0.1, -0.05) is 25.5 Å². The van der Waals surface area contributed by atoms with Crippen molar-refractivity contribution in [3.63, 3.8) is 0 Å². The van der Waals surface area contributed by atoms with E-state index in [9.17, 15) is 19.1 Å². The number of benzene rings is 1. The van der Waals surface area contributed by atoms with Crippen LogP contribution in [0.4, 0.5) is 4.39 Å². The highest BCUT2D eigenvalue weighted by molar-refractivity contribution is 5.98. The van der Waals surface area contributed by atoms with Gasteiger partial charge in [-0.2, -0.15) is 0 Å². The number of aromatic nitrogens is 1. The number of carbonyl (C=O) groups is 2. The molecule has 1 aliphatic carbocycles. The number of aliphatic hydroxyl groups is 1. The topological polar surface area (TPSA) is 83.0 Å². The number of halogens is 1. The van der Waals surface area contributed by atoms with Crippen molar-refractivity contribution in [2.24, 2.45) is 11.8 Å². The van der Waals surface area contributed by atoms with Gasteiger partial charge in [0.1, 0.15) is 17.5 Å². The number of pyridine rings is 1. The van der Waals surface area contributed by atoms with Crippen LogP contribution in [0.2, 0.25) is 0 Å². The number of fused-ring (bicyclic) bond motifs is 1. The van der Waals surface area contributed by atoms with Gasteiger partial charge in [0.05, 0.1) is 19.2 Å². The van der Waals surface area contributed by atoms with Crippen LogP contribution in [-0.4, -0.2) is 70.6 Å². The van der Waals surface area contributed by atoms with E-state index in [0.717, 1.165) is 24.8 Å². The van der Waals surface area contributed by atoms with Gasteiger partial charge in [0, 0.05) is 37.2 Å². The minimum atomic E-state index is -0.398. The van der Waals surface area contributed by atoms with Gasteiger partial charge < -0.3 is 19.6 Å². The summed E-state index contributed by atoms with van der Waals surface area (Å²) in [7, 11) is 1.79. The molecular weight excluding hydrogens is 437 g/mol. The molecule has 7 nitrogen and oxygen atoms in total. The second-order valence-corrected chi connectivity index (χ2v) is 9.55. The van der Waals surface area contributed by atoms with Crippen LogP contribution in [0, 0.1) is 17.7 Å². The van der Waals surface area contributed by atoms with Crippen LogP contribution in [0.25, 0.3) is 11.1 Å². The fraction of sp³-hybridized carbons (Fsp3) is 0.500. The lowest BCUT2D eigenvalue weighted by atomic mass is 9.84. The molecule has 34 heavy (non-hydrogen) atoms. The maximum absolute atomic E-state index is 13.5. The Labute approximate surface area is 199 Å². The predicted octanol–water partition coefficient (Wildman–Crippen LogP) is 3.37. The van der Waals surface area contributed by atoms with Crippen LogP contribution < -0.4 is 4.74 Å². The summed E-state index contributed by atoms with van der Waals surface area (Å²) in [4.78, 5) is 34.1. The Kier molecular flexibility index (Phi) is 7.16. The van der Waals surface area contributed by atoms with Gasteiger partial charge in [0.15, 0.2) is 0 Å². The summed E-state index contributed by atoms with van der Waals surface area (Å²) in [6, 6.07) is 7.28. The lowest BCUT2D eigenvalue weighted by Gasteiger charge is -2.38. The molecule has 0 unspecified atom stereocenters. The molecule has 1 N–H and O–H groups in total. The number of aliphatic hydroxyl groups excluding tert-OH is 1. The molecule has 0 bridgehead atoms. The first-order chi connectivity index (χ1) is 16.3. The van der Waals surface area contributed by atoms with Gasteiger partial charge in [-0.15, -0.1) is 0 Å².